The Balaban J connectivity index is 2.13. The summed E-state index contributed by atoms with van der Waals surface area (Å²) in [5.74, 6) is 0.0929. The number of rotatable bonds is 5. The molecule has 0 aliphatic carbocycles. The average molecular weight is 385 g/mol. The third kappa shape index (κ3) is 4.08. The van der Waals surface area contributed by atoms with Crippen molar-refractivity contribution in [1.29, 1.82) is 0 Å². The van der Waals surface area contributed by atoms with Crippen LogP contribution >= 0.6 is 27.5 Å². The molecule has 0 amide bonds. The average Bonchev–Trinajstić information content (AvgIpc) is 2.83. The SMILES string of the molecule is NS(=O)(=O)c1cc(Br)cc(Cl)c1OCCC1CCCO1. The first-order valence-corrected chi connectivity index (χ1v) is 8.86. The van der Waals surface area contributed by atoms with E-state index in [0.29, 0.717) is 17.5 Å². The van der Waals surface area contributed by atoms with Crippen molar-refractivity contribution in [3.8, 4) is 5.75 Å². The number of hydrogen-bond acceptors (Lipinski definition) is 4. The Bertz CT molecular complexity index is 587. The van der Waals surface area contributed by atoms with Crippen LogP contribution in [0.2, 0.25) is 5.02 Å². The minimum Gasteiger partial charge on any atom is -0.490 e. The van der Waals surface area contributed by atoms with Crippen molar-refractivity contribution in [1.82, 2.24) is 0 Å². The molecule has 5 nitrogen and oxygen atoms in total. The molecule has 2 N–H and O–H groups in total. The van der Waals surface area contributed by atoms with Crippen molar-refractivity contribution in [3.05, 3.63) is 21.6 Å². The molecule has 1 fully saturated rings. The summed E-state index contributed by atoms with van der Waals surface area (Å²) in [7, 11) is -3.90. The normalized spacial score (nSPS) is 19.2. The fourth-order valence-electron chi connectivity index (χ4n) is 2.05. The molecule has 8 heteroatoms. The lowest BCUT2D eigenvalue weighted by Crippen LogP contribution is -2.16. The molecule has 20 heavy (non-hydrogen) atoms. The van der Waals surface area contributed by atoms with Crippen molar-refractivity contribution < 1.29 is 17.9 Å². The van der Waals surface area contributed by atoms with Crippen LogP contribution in [0, 0.1) is 0 Å². The van der Waals surface area contributed by atoms with E-state index in [9.17, 15) is 8.42 Å². The third-order valence-corrected chi connectivity index (χ3v) is 4.65. The number of benzene rings is 1. The molecular weight excluding hydrogens is 370 g/mol. The highest BCUT2D eigenvalue weighted by atomic mass is 79.9. The van der Waals surface area contributed by atoms with E-state index in [-0.39, 0.29) is 21.8 Å². The van der Waals surface area contributed by atoms with Gasteiger partial charge >= 0.3 is 0 Å². The van der Waals surface area contributed by atoms with Gasteiger partial charge in [-0.2, -0.15) is 0 Å². The van der Waals surface area contributed by atoms with Gasteiger partial charge in [0.15, 0.2) is 5.75 Å². The summed E-state index contributed by atoms with van der Waals surface area (Å²) in [4.78, 5) is -0.121. The standard InChI is InChI=1S/C12H15BrClNO4S/c13-8-6-10(14)12(11(7-8)20(15,16)17)19-5-3-9-2-1-4-18-9/h6-7,9H,1-5H2,(H2,15,16,17). The van der Waals surface area contributed by atoms with Crippen molar-refractivity contribution in [2.45, 2.75) is 30.3 Å². The molecule has 1 aliphatic heterocycles. The largest absolute Gasteiger partial charge is 0.490 e. The van der Waals surface area contributed by atoms with Crippen molar-refractivity contribution in [2.24, 2.45) is 5.14 Å². The molecule has 0 aromatic heterocycles. The predicted octanol–water partition coefficient (Wildman–Crippen LogP) is 2.70. The molecule has 112 valence electrons. The Hall–Kier alpha value is -0.340. The maximum atomic E-state index is 11.6. The molecule has 1 atom stereocenters. The minimum atomic E-state index is -3.90. The number of hydrogen-bond donors (Lipinski definition) is 1. The van der Waals surface area contributed by atoms with Gasteiger partial charge in [-0.05, 0) is 25.0 Å². The van der Waals surface area contributed by atoms with E-state index >= 15 is 0 Å². The van der Waals surface area contributed by atoms with E-state index in [0.717, 1.165) is 19.4 Å². The van der Waals surface area contributed by atoms with E-state index in [1.54, 1.807) is 6.07 Å². The lowest BCUT2D eigenvalue weighted by atomic mass is 10.2. The predicted molar refractivity (Wildman–Crippen MR) is 79.6 cm³/mol. The third-order valence-electron chi connectivity index (χ3n) is 2.99. The topological polar surface area (TPSA) is 78.6 Å². The Kier molecular flexibility index (Phi) is 5.30. The van der Waals surface area contributed by atoms with Gasteiger partial charge in [0, 0.05) is 17.5 Å². The first-order valence-electron chi connectivity index (χ1n) is 6.14. The highest BCUT2D eigenvalue weighted by Crippen LogP contribution is 2.35. The molecule has 1 aromatic carbocycles. The molecule has 0 radical (unpaired) electrons. The summed E-state index contributed by atoms with van der Waals surface area (Å²) in [5.41, 5.74) is 0. The van der Waals surface area contributed by atoms with Crippen LogP contribution < -0.4 is 9.88 Å². The smallest absolute Gasteiger partial charge is 0.241 e. The molecular formula is C12H15BrClNO4S. The Morgan fingerprint density at radius 1 is 1.50 bits per heavy atom. The first-order chi connectivity index (χ1) is 9.38. The van der Waals surface area contributed by atoms with Crippen molar-refractivity contribution in [3.63, 3.8) is 0 Å². The van der Waals surface area contributed by atoms with Crippen molar-refractivity contribution in [2.75, 3.05) is 13.2 Å². The van der Waals surface area contributed by atoms with Gasteiger partial charge in [0.05, 0.1) is 17.7 Å². The summed E-state index contributed by atoms with van der Waals surface area (Å²) in [6.07, 6.45) is 2.91. The van der Waals surface area contributed by atoms with Gasteiger partial charge in [-0.1, -0.05) is 27.5 Å². The molecule has 0 spiro atoms. The number of ether oxygens (including phenoxy) is 2. The molecule has 0 saturated carbocycles. The maximum Gasteiger partial charge on any atom is 0.241 e. The number of halogens is 2. The number of sulfonamides is 1. The van der Waals surface area contributed by atoms with E-state index in [4.69, 9.17) is 26.2 Å². The van der Waals surface area contributed by atoms with Gasteiger partial charge < -0.3 is 9.47 Å². The summed E-state index contributed by atoms with van der Waals surface area (Å²) in [6, 6.07) is 2.94. The fraction of sp³-hybridized carbons (Fsp3) is 0.500. The monoisotopic (exact) mass is 383 g/mol. The molecule has 1 aromatic rings. The van der Waals surface area contributed by atoms with Crippen LogP contribution in [0.3, 0.4) is 0 Å². The Labute approximate surface area is 131 Å². The van der Waals surface area contributed by atoms with E-state index in [1.165, 1.54) is 6.07 Å². The summed E-state index contributed by atoms with van der Waals surface area (Å²) in [6.45, 7) is 1.10. The first kappa shape index (κ1) is 16.0. The van der Waals surface area contributed by atoms with E-state index in [1.807, 2.05) is 0 Å². The lowest BCUT2D eigenvalue weighted by Gasteiger charge is -2.14. The molecule has 1 unspecified atom stereocenters. The zero-order valence-corrected chi connectivity index (χ0v) is 13.8. The maximum absolute atomic E-state index is 11.6. The zero-order valence-electron chi connectivity index (χ0n) is 10.6. The number of primary sulfonamides is 1. The second-order valence-electron chi connectivity index (χ2n) is 4.53. The summed E-state index contributed by atoms with van der Waals surface area (Å²) < 4.78 is 34.7. The molecule has 0 bridgehead atoms. The molecule has 1 aliphatic rings. The van der Waals surface area contributed by atoms with Crippen LogP contribution in [0.15, 0.2) is 21.5 Å². The van der Waals surface area contributed by atoms with Gasteiger partial charge in [0.2, 0.25) is 10.0 Å². The highest BCUT2D eigenvalue weighted by molar-refractivity contribution is 9.10. The van der Waals surface area contributed by atoms with Gasteiger partial charge in [-0.25, -0.2) is 13.6 Å². The lowest BCUT2D eigenvalue weighted by molar-refractivity contribution is 0.0899. The van der Waals surface area contributed by atoms with E-state index < -0.39 is 10.0 Å². The van der Waals surface area contributed by atoms with Crippen LogP contribution in [-0.2, 0) is 14.8 Å². The Morgan fingerprint density at radius 2 is 2.25 bits per heavy atom. The quantitative estimate of drug-likeness (QED) is 0.846. The highest BCUT2D eigenvalue weighted by Gasteiger charge is 2.21. The fourth-order valence-corrected chi connectivity index (χ4v) is 3.84. The van der Waals surface area contributed by atoms with E-state index in [2.05, 4.69) is 15.9 Å². The zero-order chi connectivity index (χ0) is 14.8. The van der Waals surface area contributed by atoms with Gasteiger partial charge in [0.25, 0.3) is 0 Å². The van der Waals surface area contributed by atoms with Crippen LogP contribution in [0.1, 0.15) is 19.3 Å². The van der Waals surface area contributed by atoms with Crippen LogP contribution in [0.4, 0.5) is 0 Å². The number of nitrogens with two attached hydrogens (primary N) is 1. The van der Waals surface area contributed by atoms with Gasteiger partial charge in [0.1, 0.15) is 4.90 Å². The van der Waals surface area contributed by atoms with Crippen LogP contribution in [0.25, 0.3) is 0 Å². The summed E-state index contributed by atoms with van der Waals surface area (Å²) in [5, 5.41) is 5.38. The second-order valence-corrected chi connectivity index (χ2v) is 7.38. The molecule has 2 rings (SSSR count). The van der Waals surface area contributed by atoms with Crippen molar-refractivity contribution >= 4 is 37.6 Å². The molecule has 1 heterocycles. The van der Waals surface area contributed by atoms with Gasteiger partial charge in [-0.3, -0.25) is 0 Å². The van der Waals surface area contributed by atoms with Crippen LogP contribution in [0.5, 0.6) is 5.75 Å². The molecule has 1 saturated heterocycles. The second kappa shape index (κ2) is 6.62. The minimum absolute atomic E-state index is 0.0929. The summed E-state index contributed by atoms with van der Waals surface area (Å²) >= 11 is 9.21. The van der Waals surface area contributed by atoms with Gasteiger partial charge in [-0.15, -0.1) is 0 Å². The van der Waals surface area contributed by atoms with Crippen LogP contribution in [-0.4, -0.2) is 27.7 Å². The Morgan fingerprint density at radius 3 is 2.85 bits per heavy atom.